The molecule has 0 N–H and O–H groups in total. The molecule has 0 aromatic carbocycles. The van der Waals surface area contributed by atoms with Gasteiger partial charge >= 0.3 is 0 Å². The highest BCUT2D eigenvalue weighted by Gasteiger charge is 2.96. The number of hydrogen-bond donors (Lipinski definition) is 0. The molecule has 3 atom stereocenters. The third-order valence-electron chi connectivity index (χ3n) is 7.35. The SMILES string of the molecule is C1C[C@@]2(CO2)C23C1(CC[C@@]21CO1)CC[C@@]31CO1. The van der Waals surface area contributed by atoms with Crippen molar-refractivity contribution in [2.45, 2.75) is 55.3 Å². The first-order valence-corrected chi connectivity index (χ1v) is 7.16. The van der Waals surface area contributed by atoms with E-state index in [2.05, 4.69) is 0 Å². The highest BCUT2D eigenvalue weighted by Crippen LogP contribution is 2.88. The predicted octanol–water partition coefficient (Wildman–Crippen LogP) is 1.65. The van der Waals surface area contributed by atoms with Crippen LogP contribution < -0.4 is 0 Å². The van der Waals surface area contributed by atoms with Gasteiger partial charge in [-0.25, -0.2) is 0 Å². The van der Waals surface area contributed by atoms with Crippen LogP contribution in [0.25, 0.3) is 0 Å². The topological polar surface area (TPSA) is 37.6 Å². The van der Waals surface area contributed by atoms with Gasteiger partial charge in [0.2, 0.25) is 0 Å². The van der Waals surface area contributed by atoms with Gasteiger partial charge in [0.1, 0.15) is 16.8 Å². The van der Waals surface area contributed by atoms with Crippen molar-refractivity contribution in [3.05, 3.63) is 0 Å². The van der Waals surface area contributed by atoms with E-state index < -0.39 is 0 Å². The van der Waals surface area contributed by atoms with Crippen molar-refractivity contribution in [3.63, 3.8) is 0 Å². The van der Waals surface area contributed by atoms with Gasteiger partial charge in [0.15, 0.2) is 0 Å². The van der Waals surface area contributed by atoms with Crippen LogP contribution in [-0.2, 0) is 14.2 Å². The first kappa shape index (κ1) is 8.89. The average molecular weight is 234 g/mol. The molecule has 3 saturated carbocycles. The lowest BCUT2D eigenvalue weighted by atomic mass is 9.58. The zero-order chi connectivity index (χ0) is 11.0. The van der Waals surface area contributed by atoms with Crippen LogP contribution in [0, 0.1) is 10.8 Å². The Morgan fingerprint density at radius 3 is 1.18 bits per heavy atom. The van der Waals surface area contributed by atoms with Crippen LogP contribution in [0.1, 0.15) is 38.5 Å². The van der Waals surface area contributed by atoms with E-state index >= 15 is 0 Å². The number of rotatable bonds is 0. The second-order valence-corrected chi connectivity index (χ2v) is 7.38. The first-order valence-electron chi connectivity index (χ1n) is 7.16. The molecule has 3 saturated heterocycles. The molecular weight excluding hydrogens is 216 g/mol. The molecule has 0 bridgehead atoms. The summed E-state index contributed by atoms with van der Waals surface area (Å²) in [5, 5.41) is 0. The third-order valence-corrected chi connectivity index (χ3v) is 7.35. The molecule has 17 heavy (non-hydrogen) atoms. The Balaban J connectivity index is 1.72. The highest BCUT2D eigenvalue weighted by molar-refractivity contribution is 5.43. The zero-order valence-electron chi connectivity index (χ0n) is 10.1. The van der Waals surface area contributed by atoms with Crippen LogP contribution in [0.15, 0.2) is 0 Å². The second kappa shape index (κ2) is 2.00. The summed E-state index contributed by atoms with van der Waals surface area (Å²) in [5.41, 5.74) is 1.24. The Labute approximate surface area is 101 Å². The van der Waals surface area contributed by atoms with E-state index in [4.69, 9.17) is 14.2 Å². The quantitative estimate of drug-likeness (QED) is 0.598. The van der Waals surface area contributed by atoms with Crippen molar-refractivity contribution in [1.82, 2.24) is 0 Å². The van der Waals surface area contributed by atoms with Crippen molar-refractivity contribution < 1.29 is 14.2 Å². The maximum Gasteiger partial charge on any atom is 0.103 e. The third kappa shape index (κ3) is 0.592. The predicted molar refractivity (Wildman–Crippen MR) is 58.6 cm³/mol. The van der Waals surface area contributed by atoms with E-state index in [1.807, 2.05) is 0 Å². The fourth-order valence-electron chi connectivity index (χ4n) is 6.86. The number of hydrogen-bond acceptors (Lipinski definition) is 3. The van der Waals surface area contributed by atoms with Gasteiger partial charge in [0, 0.05) is 0 Å². The van der Waals surface area contributed by atoms with Gasteiger partial charge in [0.25, 0.3) is 0 Å². The standard InChI is InChI=1S/C14H18O3/c1-4-11(7-15-11)14-10(1,2-5-12(14)8-16-12)3-6-13(14)9-17-13/h1-9H2/t10?,11-,12-,13-,14?/m1/s1. The second-order valence-electron chi connectivity index (χ2n) is 7.38. The fraction of sp³-hybridized carbons (Fsp3) is 1.00. The molecular formula is C14H18O3. The van der Waals surface area contributed by atoms with Gasteiger partial charge in [-0.1, -0.05) is 0 Å². The molecule has 3 aliphatic carbocycles. The molecule has 6 fully saturated rings. The van der Waals surface area contributed by atoms with Crippen molar-refractivity contribution in [2.24, 2.45) is 10.8 Å². The minimum absolute atomic E-state index is 0.160. The van der Waals surface area contributed by atoms with Crippen LogP contribution in [0.2, 0.25) is 0 Å². The molecule has 0 aromatic rings. The summed E-state index contributed by atoms with van der Waals surface area (Å²) < 4.78 is 18.2. The molecule has 0 unspecified atom stereocenters. The molecule has 0 aromatic heterocycles. The summed E-state index contributed by atoms with van der Waals surface area (Å²) in [4.78, 5) is 0. The molecule has 0 amide bonds. The van der Waals surface area contributed by atoms with Gasteiger partial charge in [-0.3, -0.25) is 0 Å². The zero-order valence-corrected chi connectivity index (χ0v) is 10.1. The Bertz CT molecular complexity index is 380. The normalized spacial score (nSPS) is 73.4. The van der Waals surface area contributed by atoms with Crippen LogP contribution in [0.4, 0.5) is 0 Å². The van der Waals surface area contributed by atoms with Crippen molar-refractivity contribution in [2.75, 3.05) is 19.8 Å². The molecule has 3 spiro atoms. The van der Waals surface area contributed by atoms with Crippen LogP contribution >= 0.6 is 0 Å². The van der Waals surface area contributed by atoms with E-state index in [0.29, 0.717) is 5.41 Å². The lowest BCUT2D eigenvalue weighted by molar-refractivity contribution is -0.0453. The van der Waals surface area contributed by atoms with Gasteiger partial charge in [-0.2, -0.15) is 0 Å². The van der Waals surface area contributed by atoms with Gasteiger partial charge < -0.3 is 14.2 Å². The lowest BCUT2D eigenvalue weighted by Gasteiger charge is -2.43. The van der Waals surface area contributed by atoms with Crippen molar-refractivity contribution >= 4 is 0 Å². The molecule has 3 nitrogen and oxygen atoms in total. The average Bonchev–Trinajstić information content (AvgIpc) is 3.18. The van der Waals surface area contributed by atoms with E-state index in [0.717, 1.165) is 19.8 Å². The minimum atomic E-state index is 0.160. The van der Waals surface area contributed by atoms with Gasteiger partial charge in [0.05, 0.1) is 25.2 Å². The van der Waals surface area contributed by atoms with Gasteiger partial charge in [-0.05, 0) is 43.9 Å². The Morgan fingerprint density at radius 1 is 0.529 bits per heavy atom. The number of epoxide rings is 3. The van der Waals surface area contributed by atoms with E-state index in [1.54, 1.807) is 0 Å². The Hall–Kier alpha value is -0.120. The summed E-state index contributed by atoms with van der Waals surface area (Å²) in [6, 6.07) is 0. The summed E-state index contributed by atoms with van der Waals surface area (Å²) >= 11 is 0. The molecule has 3 aliphatic heterocycles. The van der Waals surface area contributed by atoms with Crippen molar-refractivity contribution in [1.29, 1.82) is 0 Å². The smallest absolute Gasteiger partial charge is 0.103 e. The lowest BCUT2D eigenvalue weighted by Crippen LogP contribution is -2.56. The fourth-order valence-corrected chi connectivity index (χ4v) is 6.86. The van der Waals surface area contributed by atoms with E-state index in [9.17, 15) is 0 Å². The van der Waals surface area contributed by atoms with E-state index in [-0.39, 0.29) is 22.2 Å². The Morgan fingerprint density at radius 2 is 0.882 bits per heavy atom. The Kier molecular flexibility index (Phi) is 1.05. The summed E-state index contributed by atoms with van der Waals surface area (Å²) in [6.45, 7) is 2.93. The molecule has 6 rings (SSSR count). The monoisotopic (exact) mass is 234 g/mol. The first-order chi connectivity index (χ1) is 8.24. The molecule has 3 heterocycles. The highest BCUT2D eigenvalue weighted by atomic mass is 16.6. The van der Waals surface area contributed by atoms with Gasteiger partial charge in [-0.15, -0.1) is 0 Å². The van der Waals surface area contributed by atoms with Crippen LogP contribution in [-0.4, -0.2) is 36.6 Å². The maximum atomic E-state index is 6.06. The molecule has 6 aliphatic rings. The molecule has 3 heteroatoms. The number of ether oxygens (including phenoxy) is 3. The largest absolute Gasteiger partial charge is 0.369 e. The summed E-state index contributed by atoms with van der Waals surface area (Å²) in [6.07, 6.45) is 7.89. The van der Waals surface area contributed by atoms with Crippen LogP contribution in [0.3, 0.4) is 0 Å². The van der Waals surface area contributed by atoms with Crippen molar-refractivity contribution in [3.8, 4) is 0 Å². The molecule has 0 radical (unpaired) electrons. The summed E-state index contributed by atoms with van der Waals surface area (Å²) in [5.74, 6) is 0. The molecule has 92 valence electrons. The summed E-state index contributed by atoms with van der Waals surface area (Å²) in [7, 11) is 0. The minimum Gasteiger partial charge on any atom is -0.369 e. The van der Waals surface area contributed by atoms with E-state index in [1.165, 1.54) is 38.5 Å². The van der Waals surface area contributed by atoms with Crippen LogP contribution in [0.5, 0.6) is 0 Å². The maximum absolute atomic E-state index is 6.06.